The van der Waals surface area contributed by atoms with Gasteiger partial charge in [-0.25, -0.2) is 4.98 Å². The van der Waals surface area contributed by atoms with E-state index in [0.29, 0.717) is 35.9 Å². The lowest BCUT2D eigenvalue weighted by atomic mass is 9.90. The van der Waals surface area contributed by atoms with Crippen molar-refractivity contribution in [3.63, 3.8) is 0 Å². The molecule has 1 aliphatic heterocycles. The van der Waals surface area contributed by atoms with Gasteiger partial charge in [0, 0.05) is 43.4 Å². The highest BCUT2D eigenvalue weighted by molar-refractivity contribution is 5.92. The van der Waals surface area contributed by atoms with Crippen LogP contribution in [0.25, 0.3) is 22.4 Å². The van der Waals surface area contributed by atoms with Crippen molar-refractivity contribution >= 4 is 16.9 Å². The van der Waals surface area contributed by atoms with E-state index in [1.54, 1.807) is 24.7 Å². The van der Waals surface area contributed by atoms with Crippen LogP contribution in [0.4, 0.5) is 5.82 Å². The third-order valence-electron chi connectivity index (χ3n) is 5.60. The lowest BCUT2D eigenvalue weighted by Gasteiger charge is -2.35. The van der Waals surface area contributed by atoms with Gasteiger partial charge in [-0.3, -0.25) is 9.78 Å². The monoisotopic (exact) mass is 399 g/mol. The van der Waals surface area contributed by atoms with Crippen molar-refractivity contribution in [3.05, 3.63) is 23.9 Å². The number of aromatic nitrogens is 5. The minimum atomic E-state index is -1.06. The Morgan fingerprint density at radius 2 is 2.24 bits per heavy atom. The second-order valence-corrected chi connectivity index (χ2v) is 8.38. The molecule has 3 atom stereocenters. The van der Waals surface area contributed by atoms with E-state index in [9.17, 15) is 5.11 Å². The molecule has 0 aliphatic carbocycles. The number of hydrogen-bond acceptors (Lipinski definition) is 7. The second kappa shape index (κ2) is 7.40. The maximum atomic E-state index is 10.9. The molecule has 9 heteroatoms. The minimum absolute atomic E-state index is 0.00305. The quantitative estimate of drug-likeness (QED) is 0.515. The summed E-state index contributed by atoms with van der Waals surface area (Å²) >= 11 is 0. The van der Waals surface area contributed by atoms with Crippen LogP contribution >= 0.6 is 0 Å². The molecule has 0 saturated carbocycles. The SMILES string of the molecule is C[C@@H](N)C1COCCC1Nc1cc(C(C)(C)O)c2c(n1)c(-c1cc[nH]n1)nn2C. The van der Waals surface area contributed by atoms with Crippen molar-refractivity contribution in [2.75, 3.05) is 18.5 Å². The Hall–Kier alpha value is -2.49. The van der Waals surface area contributed by atoms with Gasteiger partial charge < -0.3 is 20.9 Å². The standard InChI is InChI=1S/C20H29N7O2/c1-11(21)12-10-29-8-6-14(12)23-16-9-13(20(2,3)28)19-18(24-16)17(26-27(19)4)15-5-7-22-25-15/h5,7,9,11-12,14,28H,6,8,10,21H2,1-4H3,(H,22,25)(H,23,24)/t11-,12?,14?/m1/s1. The van der Waals surface area contributed by atoms with Crippen LogP contribution in [-0.4, -0.2) is 55.4 Å². The summed E-state index contributed by atoms with van der Waals surface area (Å²) in [6, 6.07) is 3.92. The highest BCUT2D eigenvalue weighted by Gasteiger charge is 2.31. The Kier molecular flexibility index (Phi) is 5.05. The van der Waals surface area contributed by atoms with E-state index >= 15 is 0 Å². The third kappa shape index (κ3) is 3.73. The van der Waals surface area contributed by atoms with Gasteiger partial charge in [0.05, 0.1) is 17.7 Å². The molecule has 2 unspecified atom stereocenters. The minimum Gasteiger partial charge on any atom is -0.386 e. The fourth-order valence-electron chi connectivity index (χ4n) is 4.03. The molecule has 3 aromatic rings. The molecule has 0 radical (unpaired) electrons. The lowest BCUT2D eigenvalue weighted by molar-refractivity contribution is 0.0390. The van der Waals surface area contributed by atoms with Crippen molar-refractivity contribution in [1.29, 1.82) is 0 Å². The number of nitrogens with two attached hydrogens (primary N) is 1. The van der Waals surface area contributed by atoms with Crippen LogP contribution in [0.15, 0.2) is 18.3 Å². The maximum Gasteiger partial charge on any atom is 0.139 e. The van der Waals surface area contributed by atoms with E-state index in [1.807, 2.05) is 26.1 Å². The molecule has 1 fully saturated rings. The van der Waals surface area contributed by atoms with Gasteiger partial charge in [-0.1, -0.05) is 0 Å². The highest BCUT2D eigenvalue weighted by atomic mass is 16.5. The van der Waals surface area contributed by atoms with Gasteiger partial charge in [0.25, 0.3) is 0 Å². The Labute approximate surface area is 169 Å². The number of aromatic amines is 1. The van der Waals surface area contributed by atoms with Gasteiger partial charge in [-0.2, -0.15) is 10.2 Å². The first-order chi connectivity index (χ1) is 13.8. The molecular weight excluding hydrogens is 370 g/mol. The Balaban J connectivity index is 1.83. The molecule has 156 valence electrons. The fourth-order valence-corrected chi connectivity index (χ4v) is 4.03. The number of hydrogen-bond donors (Lipinski definition) is 4. The Bertz CT molecular complexity index is 989. The number of nitrogens with zero attached hydrogens (tertiary/aromatic N) is 4. The average Bonchev–Trinajstić information content (AvgIpc) is 3.29. The molecule has 4 rings (SSSR count). The van der Waals surface area contributed by atoms with Crippen molar-refractivity contribution in [3.8, 4) is 11.4 Å². The molecule has 5 N–H and O–H groups in total. The van der Waals surface area contributed by atoms with E-state index in [0.717, 1.165) is 17.5 Å². The number of H-pyrrole nitrogens is 1. The summed E-state index contributed by atoms with van der Waals surface area (Å²) in [6.45, 7) is 6.86. The first kappa shape index (κ1) is 19.8. The summed E-state index contributed by atoms with van der Waals surface area (Å²) in [4.78, 5) is 4.87. The molecule has 9 nitrogen and oxygen atoms in total. The van der Waals surface area contributed by atoms with E-state index in [1.165, 1.54) is 0 Å². The van der Waals surface area contributed by atoms with Crippen LogP contribution < -0.4 is 11.1 Å². The van der Waals surface area contributed by atoms with E-state index in [4.69, 9.17) is 15.5 Å². The normalized spacial score (nSPS) is 21.4. The van der Waals surface area contributed by atoms with Gasteiger partial charge in [0.15, 0.2) is 0 Å². The predicted molar refractivity (Wildman–Crippen MR) is 111 cm³/mol. The van der Waals surface area contributed by atoms with Gasteiger partial charge in [-0.15, -0.1) is 0 Å². The Morgan fingerprint density at radius 1 is 1.45 bits per heavy atom. The molecule has 0 bridgehead atoms. The first-order valence-corrected chi connectivity index (χ1v) is 9.96. The van der Waals surface area contributed by atoms with Crippen LogP contribution in [0.3, 0.4) is 0 Å². The first-order valence-electron chi connectivity index (χ1n) is 9.96. The summed E-state index contributed by atoms with van der Waals surface area (Å²) in [5.74, 6) is 0.878. The Morgan fingerprint density at radius 3 is 2.90 bits per heavy atom. The molecule has 0 spiro atoms. The summed E-state index contributed by atoms with van der Waals surface area (Å²) in [5.41, 5.74) is 8.75. The largest absolute Gasteiger partial charge is 0.386 e. The van der Waals surface area contributed by atoms with Crippen LogP contribution in [-0.2, 0) is 17.4 Å². The number of pyridine rings is 1. The van der Waals surface area contributed by atoms with Crippen molar-refractivity contribution in [2.45, 2.75) is 44.9 Å². The van der Waals surface area contributed by atoms with Gasteiger partial charge in [-0.05, 0) is 39.3 Å². The molecular formula is C20H29N7O2. The number of nitrogens with one attached hydrogen (secondary N) is 2. The van der Waals surface area contributed by atoms with Crippen molar-refractivity contribution in [2.24, 2.45) is 18.7 Å². The summed E-state index contributed by atoms with van der Waals surface area (Å²) < 4.78 is 7.38. The average molecular weight is 399 g/mol. The van der Waals surface area contributed by atoms with Crippen molar-refractivity contribution in [1.82, 2.24) is 25.0 Å². The van der Waals surface area contributed by atoms with E-state index in [2.05, 4.69) is 20.6 Å². The molecule has 0 aromatic carbocycles. The van der Waals surface area contributed by atoms with Gasteiger partial charge in [0.1, 0.15) is 22.7 Å². The number of ether oxygens (including phenoxy) is 1. The number of rotatable bonds is 5. The molecule has 3 aromatic heterocycles. The zero-order valence-corrected chi connectivity index (χ0v) is 17.3. The second-order valence-electron chi connectivity index (χ2n) is 8.38. The lowest BCUT2D eigenvalue weighted by Crippen LogP contribution is -2.46. The highest BCUT2D eigenvalue weighted by Crippen LogP contribution is 2.34. The molecule has 1 aliphatic rings. The molecule has 4 heterocycles. The van der Waals surface area contributed by atoms with Crippen LogP contribution in [0.1, 0.15) is 32.8 Å². The molecule has 1 saturated heterocycles. The number of anilines is 1. The third-order valence-corrected chi connectivity index (χ3v) is 5.60. The zero-order valence-electron chi connectivity index (χ0n) is 17.3. The number of fused-ring (bicyclic) bond motifs is 1. The van der Waals surface area contributed by atoms with Crippen LogP contribution in [0.5, 0.6) is 0 Å². The number of aliphatic hydroxyl groups is 1. The van der Waals surface area contributed by atoms with Crippen LogP contribution in [0, 0.1) is 5.92 Å². The molecule has 29 heavy (non-hydrogen) atoms. The molecule has 0 amide bonds. The maximum absolute atomic E-state index is 10.9. The van der Waals surface area contributed by atoms with Crippen LogP contribution in [0.2, 0.25) is 0 Å². The predicted octanol–water partition coefficient (Wildman–Crippen LogP) is 1.75. The van der Waals surface area contributed by atoms with E-state index in [-0.39, 0.29) is 18.0 Å². The zero-order chi connectivity index (χ0) is 20.8. The summed E-state index contributed by atoms with van der Waals surface area (Å²) in [6.07, 6.45) is 2.60. The number of aryl methyl sites for hydroxylation is 1. The smallest absolute Gasteiger partial charge is 0.139 e. The van der Waals surface area contributed by atoms with Crippen molar-refractivity contribution < 1.29 is 9.84 Å². The van der Waals surface area contributed by atoms with Gasteiger partial charge >= 0.3 is 0 Å². The summed E-state index contributed by atoms with van der Waals surface area (Å²) in [7, 11) is 1.85. The summed E-state index contributed by atoms with van der Waals surface area (Å²) in [5, 5.41) is 26.1. The van der Waals surface area contributed by atoms with E-state index < -0.39 is 5.60 Å². The topological polar surface area (TPSA) is 127 Å². The van der Waals surface area contributed by atoms with Gasteiger partial charge in [0.2, 0.25) is 0 Å². The fraction of sp³-hybridized carbons (Fsp3) is 0.550.